The zero-order valence-electron chi connectivity index (χ0n) is 38.8. The van der Waals surface area contributed by atoms with E-state index in [1.165, 1.54) is 13.8 Å². The van der Waals surface area contributed by atoms with Crippen LogP contribution in [-0.4, -0.2) is 148 Å². The van der Waals surface area contributed by atoms with E-state index in [0.29, 0.717) is 12.0 Å². The first-order valence-corrected chi connectivity index (χ1v) is 22.4. The number of nitrogens with one attached hydrogen (secondary N) is 8. The molecule has 26 heteroatoms. The Balaban J connectivity index is 2.82. The molecule has 0 unspecified atom stereocenters. The quantitative estimate of drug-likeness (QED) is 0.0359. The summed E-state index contributed by atoms with van der Waals surface area (Å²) in [6.07, 6.45) is -3.18. The first kappa shape index (κ1) is 57.7. The molecule has 0 spiro atoms. The number of unbranched alkanes of at least 4 members (excludes halogenated alkanes) is 1. The van der Waals surface area contributed by atoms with Gasteiger partial charge in [-0.25, -0.2) is 0 Å². The van der Waals surface area contributed by atoms with E-state index in [4.69, 9.17) is 17.2 Å². The minimum absolute atomic E-state index is 0.00962. The average Bonchev–Trinajstić information content (AvgIpc) is 3.27. The molecule has 8 atom stereocenters. The lowest BCUT2D eigenvalue weighted by atomic mass is 10.00. The Kier molecular flexibility index (Phi) is 24.6. The minimum Gasteiger partial charge on any atom is -0.481 e. The van der Waals surface area contributed by atoms with E-state index in [0.717, 1.165) is 6.92 Å². The highest BCUT2D eigenvalue weighted by molar-refractivity contribution is 5.99. The fourth-order valence-corrected chi connectivity index (χ4v) is 6.87. The molecule has 26 nitrogen and oxygen atoms in total. The number of nitrogens with two attached hydrogens (primary N) is 3. The zero-order valence-corrected chi connectivity index (χ0v) is 38.8. The van der Waals surface area contributed by atoms with Crippen molar-refractivity contribution in [3.8, 4) is 0 Å². The molecule has 1 fully saturated rings. The second kappa shape index (κ2) is 29.4. The van der Waals surface area contributed by atoms with Crippen LogP contribution in [0.5, 0.6) is 0 Å². The summed E-state index contributed by atoms with van der Waals surface area (Å²) >= 11 is 0. The van der Waals surface area contributed by atoms with Crippen LogP contribution in [0.3, 0.4) is 0 Å². The summed E-state index contributed by atoms with van der Waals surface area (Å²) in [5, 5.41) is 48.2. The van der Waals surface area contributed by atoms with Gasteiger partial charge in [-0.2, -0.15) is 0 Å². The van der Waals surface area contributed by atoms with Crippen molar-refractivity contribution in [3.05, 3.63) is 35.9 Å². The van der Waals surface area contributed by atoms with Gasteiger partial charge in [0.25, 0.3) is 0 Å². The van der Waals surface area contributed by atoms with Gasteiger partial charge in [-0.05, 0) is 69.9 Å². The number of aliphatic carboxylic acids is 3. The summed E-state index contributed by atoms with van der Waals surface area (Å²) in [4.78, 5) is 151. The molecule has 1 aromatic carbocycles. The molecule has 1 aliphatic heterocycles. The van der Waals surface area contributed by atoms with Crippen molar-refractivity contribution < 1.29 is 68.1 Å². The van der Waals surface area contributed by atoms with Gasteiger partial charge in [0.05, 0.1) is 6.42 Å². The molecule has 0 bridgehead atoms. The minimum atomic E-state index is -1.84. The third-order valence-electron chi connectivity index (χ3n) is 10.6. The van der Waals surface area contributed by atoms with Gasteiger partial charge in [0.1, 0.15) is 48.3 Å². The third-order valence-corrected chi connectivity index (χ3v) is 10.6. The van der Waals surface area contributed by atoms with Crippen molar-refractivity contribution in [2.24, 2.45) is 28.1 Å². The molecule has 0 saturated carbocycles. The number of hydrogen-bond donors (Lipinski definition) is 14. The van der Waals surface area contributed by atoms with Crippen LogP contribution in [0.25, 0.3) is 0 Å². The summed E-state index contributed by atoms with van der Waals surface area (Å²) in [6.45, 7) is 4.36. The SMILES string of the molecule is CC(C)[C@@H]1NC(=O)[C@H](CCCN=C(N)N)NC(=O)[C@H](Cc2ccccc2)NC(=O)[C@H](CCC(=O)O)NC(=O)[C@H](CCCCN)NC(=O)[C@H](CCC(=O)O)NC(=O)[C@H](C)NC(=O)[C@H](CC(=O)O)NC1=O. The first-order chi connectivity index (χ1) is 32.5. The summed E-state index contributed by atoms with van der Waals surface area (Å²) in [6, 6.07) is -4.36. The Morgan fingerprint density at radius 1 is 0.551 bits per heavy atom. The number of carbonyl (C=O) groups excluding carboxylic acids is 8. The number of carboxylic acid groups (broad SMARTS) is 3. The highest BCUT2D eigenvalue weighted by Crippen LogP contribution is 2.12. The molecule has 1 saturated heterocycles. The van der Waals surface area contributed by atoms with E-state index in [-0.39, 0.29) is 51.2 Å². The smallest absolute Gasteiger partial charge is 0.305 e. The number of guanidine groups is 1. The van der Waals surface area contributed by atoms with Crippen molar-refractivity contribution in [2.75, 3.05) is 13.1 Å². The Bertz CT molecular complexity index is 2020. The maximum absolute atomic E-state index is 14.3. The fraction of sp³-hybridized carbons (Fsp3) is 0.581. The molecular formula is C43H66N12O14. The molecule has 0 radical (unpaired) electrons. The highest BCUT2D eigenvalue weighted by Gasteiger charge is 2.36. The molecule has 8 amide bonds. The van der Waals surface area contributed by atoms with Crippen LogP contribution in [0.15, 0.2) is 35.3 Å². The van der Waals surface area contributed by atoms with E-state index < -0.39 is 152 Å². The number of carboxylic acids is 3. The van der Waals surface area contributed by atoms with Gasteiger partial charge in [0, 0.05) is 25.8 Å². The van der Waals surface area contributed by atoms with Crippen molar-refractivity contribution in [1.29, 1.82) is 0 Å². The number of aliphatic imine (C=N–C) groups is 1. The zero-order chi connectivity index (χ0) is 51.8. The molecule has 0 aliphatic carbocycles. The van der Waals surface area contributed by atoms with Gasteiger partial charge in [-0.1, -0.05) is 44.2 Å². The second-order valence-corrected chi connectivity index (χ2v) is 16.7. The van der Waals surface area contributed by atoms with Crippen LogP contribution in [0, 0.1) is 5.92 Å². The summed E-state index contributed by atoms with van der Waals surface area (Å²) in [5.74, 6) is -13.5. The largest absolute Gasteiger partial charge is 0.481 e. The van der Waals surface area contributed by atoms with Crippen molar-refractivity contribution in [2.45, 2.75) is 140 Å². The molecular weight excluding hydrogens is 909 g/mol. The maximum Gasteiger partial charge on any atom is 0.305 e. The Morgan fingerprint density at radius 2 is 0.986 bits per heavy atom. The van der Waals surface area contributed by atoms with Crippen LogP contribution >= 0.6 is 0 Å². The van der Waals surface area contributed by atoms with Crippen LogP contribution in [0.4, 0.5) is 0 Å². The first-order valence-electron chi connectivity index (χ1n) is 22.4. The number of carbonyl (C=O) groups is 11. The molecule has 1 aliphatic rings. The molecule has 0 aromatic heterocycles. The highest BCUT2D eigenvalue weighted by atomic mass is 16.4. The molecule has 382 valence electrons. The van der Waals surface area contributed by atoms with E-state index in [1.807, 2.05) is 0 Å². The van der Waals surface area contributed by atoms with Crippen LogP contribution in [-0.2, 0) is 59.2 Å². The van der Waals surface area contributed by atoms with Gasteiger partial charge in [0.15, 0.2) is 5.96 Å². The van der Waals surface area contributed by atoms with Gasteiger partial charge >= 0.3 is 17.9 Å². The molecule has 69 heavy (non-hydrogen) atoms. The third kappa shape index (κ3) is 21.4. The summed E-state index contributed by atoms with van der Waals surface area (Å²) in [5.41, 5.74) is 17.1. The Morgan fingerprint density at radius 3 is 1.46 bits per heavy atom. The van der Waals surface area contributed by atoms with Gasteiger partial charge in [-0.3, -0.25) is 57.7 Å². The van der Waals surface area contributed by atoms with E-state index in [9.17, 15) is 68.1 Å². The fourth-order valence-electron chi connectivity index (χ4n) is 6.87. The molecule has 2 rings (SSSR count). The standard InChI is InChI=1S/C43H66N12O14/c1-22(2)34-42(69)54-30(21-33(60)61)40(67)48-23(3)35(62)49-27(14-16-31(56)57)37(64)50-25(12-7-8-18-44)36(63)52-28(15-17-32(58)59)38(65)53-29(20-24-10-5-4-6-11-24)41(68)51-26(39(66)55-34)13-9-19-47-43(45)46/h4-6,10-11,22-23,25-30,34H,7-9,12-21,44H2,1-3H3,(H,48,67)(H,49,62)(H,50,64)(H,51,68)(H,52,63)(H,53,65)(H,54,69)(H,55,66)(H,56,57)(H,58,59)(H,60,61)(H4,45,46,47)/t23-,25-,26-,27-,28-,29-,30-,34-/m0/s1. The number of amides is 8. The van der Waals surface area contributed by atoms with E-state index in [2.05, 4.69) is 47.5 Å². The number of benzene rings is 1. The topological polar surface area (TPSA) is 435 Å². The lowest BCUT2D eigenvalue weighted by Gasteiger charge is -2.29. The van der Waals surface area contributed by atoms with Crippen LogP contribution < -0.4 is 59.7 Å². The van der Waals surface area contributed by atoms with Crippen LogP contribution in [0.2, 0.25) is 0 Å². The molecule has 1 heterocycles. The second-order valence-electron chi connectivity index (χ2n) is 16.7. The Hall–Kier alpha value is -7.38. The monoisotopic (exact) mass is 974 g/mol. The summed E-state index contributed by atoms with van der Waals surface area (Å²) in [7, 11) is 0. The van der Waals surface area contributed by atoms with Crippen molar-refractivity contribution in [3.63, 3.8) is 0 Å². The average molecular weight is 975 g/mol. The normalized spacial score (nSPS) is 23.8. The predicted molar refractivity (Wildman–Crippen MR) is 245 cm³/mol. The number of nitrogens with zero attached hydrogens (tertiary/aromatic N) is 1. The summed E-state index contributed by atoms with van der Waals surface area (Å²) < 4.78 is 0. The van der Waals surface area contributed by atoms with E-state index in [1.54, 1.807) is 30.3 Å². The van der Waals surface area contributed by atoms with Crippen molar-refractivity contribution >= 4 is 71.1 Å². The Labute approximate surface area is 397 Å². The molecule has 1 aromatic rings. The predicted octanol–water partition coefficient (Wildman–Crippen LogP) is -3.82. The van der Waals surface area contributed by atoms with Gasteiger partial charge in [0.2, 0.25) is 47.3 Å². The number of rotatable bonds is 19. The van der Waals surface area contributed by atoms with Gasteiger partial charge < -0.3 is 75.1 Å². The molecule has 17 N–H and O–H groups in total. The van der Waals surface area contributed by atoms with Crippen molar-refractivity contribution in [1.82, 2.24) is 42.5 Å². The van der Waals surface area contributed by atoms with E-state index >= 15 is 0 Å². The lowest BCUT2D eigenvalue weighted by Crippen LogP contribution is -2.62. The maximum atomic E-state index is 14.3. The van der Waals surface area contributed by atoms with Crippen LogP contribution in [0.1, 0.15) is 90.5 Å². The lowest BCUT2D eigenvalue weighted by molar-refractivity contribution is -0.142. The van der Waals surface area contributed by atoms with Gasteiger partial charge in [-0.15, -0.1) is 0 Å². The number of hydrogen-bond acceptors (Lipinski definition) is 13.